The molecule has 0 saturated carbocycles. The molecule has 0 radical (unpaired) electrons. The van der Waals surface area contributed by atoms with E-state index in [0.29, 0.717) is 30.6 Å². The lowest BCUT2D eigenvalue weighted by Gasteiger charge is -2.25. The Morgan fingerprint density at radius 1 is 1.06 bits per heavy atom. The summed E-state index contributed by atoms with van der Waals surface area (Å²) in [6.07, 6.45) is 1.79. The van der Waals surface area contributed by atoms with Gasteiger partial charge in [-0.05, 0) is 66.3 Å². The van der Waals surface area contributed by atoms with Gasteiger partial charge in [-0.3, -0.25) is 4.79 Å². The SMILES string of the molecule is CC(C)c1ccc(CN(CC2CCCO2)C(=O)c2ccc(S(=O)(=O)c3ccc(Cl)cc3)o2)cc1. The quantitative estimate of drug-likeness (QED) is 0.395. The molecule has 0 spiro atoms. The van der Waals surface area contributed by atoms with Gasteiger partial charge in [-0.15, -0.1) is 0 Å². The molecule has 6 nitrogen and oxygen atoms in total. The molecule has 1 aromatic heterocycles. The molecule has 2 aromatic carbocycles. The van der Waals surface area contributed by atoms with Crippen molar-refractivity contribution >= 4 is 27.3 Å². The van der Waals surface area contributed by atoms with Crippen LogP contribution in [0.2, 0.25) is 5.02 Å². The minimum absolute atomic E-state index is 0.0238. The van der Waals surface area contributed by atoms with Crippen LogP contribution in [0.4, 0.5) is 0 Å². The highest BCUT2D eigenvalue weighted by Gasteiger charge is 2.28. The molecule has 0 aliphatic carbocycles. The number of rotatable bonds is 8. The molecule has 2 heterocycles. The topological polar surface area (TPSA) is 76.8 Å². The summed E-state index contributed by atoms with van der Waals surface area (Å²) in [4.78, 5) is 15.1. The molecule has 1 atom stereocenters. The standard InChI is InChI=1S/C26H28ClNO5S/c1-18(2)20-7-5-19(6-8-20)16-28(17-22-4-3-15-32-22)26(29)24-13-14-25(33-24)34(30,31)23-11-9-21(27)10-12-23/h5-14,18,22H,3-4,15-17H2,1-2H3. The second-order valence-corrected chi connectivity index (χ2v) is 11.1. The zero-order valence-electron chi connectivity index (χ0n) is 19.2. The molecule has 1 aliphatic heterocycles. The van der Waals surface area contributed by atoms with Crippen LogP contribution < -0.4 is 0 Å². The first-order valence-electron chi connectivity index (χ1n) is 11.3. The fourth-order valence-electron chi connectivity index (χ4n) is 3.95. The first kappa shape index (κ1) is 24.5. The first-order valence-corrected chi connectivity index (χ1v) is 13.2. The van der Waals surface area contributed by atoms with E-state index in [-0.39, 0.29) is 27.8 Å². The van der Waals surface area contributed by atoms with E-state index >= 15 is 0 Å². The number of amides is 1. The van der Waals surface area contributed by atoms with Gasteiger partial charge in [0.25, 0.3) is 5.91 Å². The molecule has 0 bridgehead atoms. The molecule has 1 amide bonds. The van der Waals surface area contributed by atoms with Crippen LogP contribution in [0.3, 0.4) is 0 Å². The number of benzene rings is 2. The van der Waals surface area contributed by atoms with Crippen LogP contribution in [0, 0.1) is 0 Å². The van der Waals surface area contributed by atoms with Crippen molar-refractivity contribution in [3.63, 3.8) is 0 Å². The third-order valence-corrected chi connectivity index (χ3v) is 7.83. The maximum Gasteiger partial charge on any atom is 0.290 e. The number of ether oxygens (including phenoxy) is 1. The third kappa shape index (κ3) is 5.54. The molecule has 8 heteroatoms. The highest BCUT2D eigenvalue weighted by Crippen LogP contribution is 2.26. The molecular weight excluding hydrogens is 474 g/mol. The van der Waals surface area contributed by atoms with Gasteiger partial charge < -0.3 is 14.1 Å². The van der Waals surface area contributed by atoms with Crippen LogP contribution in [-0.2, 0) is 21.1 Å². The van der Waals surface area contributed by atoms with Crippen molar-refractivity contribution < 1.29 is 22.4 Å². The summed E-state index contributed by atoms with van der Waals surface area (Å²) in [6, 6.07) is 16.7. The summed E-state index contributed by atoms with van der Waals surface area (Å²) in [5.41, 5.74) is 2.21. The molecule has 34 heavy (non-hydrogen) atoms. The van der Waals surface area contributed by atoms with Gasteiger partial charge in [-0.1, -0.05) is 49.7 Å². The van der Waals surface area contributed by atoms with Gasteiger partial charge >= 0.3 is 0 Å². The summed E-state index contributed by atoms with van der Waals surface area (Å²) >= 11 is 5.87. The first-order chi connectivity index (χ1) is 16.2. The van der Waals surface area contributed by atoms with E-state index in [9.17, 15) is 13.2 Å². The maximum absolute atomic E-state index is 13.4. The molecule has 1 unspecified atom stereocenters. The number of sulfone groups is 1. The molecule has 1 aliphatic rings. The van der Waals surface area contributed by atoms with Gasteiger partial charge in [0.05, 0.1) is 11.0 Å². The third-order valence-electron chi connectivity index (χ3n) is 5.94. The van der Waals surface area contributed by atoms with E-state index in [4.69, 9.17) is 20.8 Å². The lowest BCUT2D eigenvalue weighted by Crippen LogP contribution is -2.36. The zero-order chi connectivity index (χ0) is 24.3. The van der Waals surface area contributed by atoms with E-state index in [1.54, 1.807) is 4.90 Å². The predicted octanol–water partition coefficient (Wildman–Crippen LogP) is 5.71. The van der Waals surface area contributed by atoms with E-state index in [0.717, 1.165) is 18.4 Å². The minimum atomic E-state index is -3.91. The Bertz CT molecular complexity index is 1230. The number of carbonyl (C=O) groups is 1. The fraction of sp³-hybridized carbons (Fsp3) is 0.346. The average Bonchev–Trinajstić information content (AvgIpc) is 3.52. The van der Waals surface area contributed by atoms with E-state index in [1.807, 2.05) is 12.1 Å². The number of nitrogens with zero attached hydrogens (tertiary/aromatic N) is 1. The Morgan fingerprint density at radius 3 is 2.38 bits per heavy atom. The maximum atomic E-state index is 13.4. The minimum Gasteiger partial charge on any atom is -0.439 e. The average molecular weight is 502 g/mol. The normalized spacial score (nSPS) is 16.2. The molecular formula is C26H28ClNO5S. The summed E-state index contributed by atoms with van der Waals surface area (Å²) < 4.78 is 37.2. The fourth-order valence-corrected chi connectivity index (χ4v) is 5.25. The van der Waals surface area contributed by atoms with Crippen LogP contribution >= 0.6 is 11.6 Å². The number of furan rings is 1. The number of hydrogen-bond acceptors (Lipinski definition) is 5. The monoisotopic (exact) mass is 501 g/mol. The predicted molar refractivity (Wildman–Crippen MR) is 130 cm³/mol. The zero-order valence-corrected chi connectivity index (χ0v) is 20.8. The molecule has 3 aromatic rings. The largest absolute Gasteiger partial charge is 0.439 e. The Morgan fingerprint density at radius 2 is 1.76 bits per heavy atom. The molecule has 1 fully saturated rings. The lowest BCUT2D eigenvalue weighted by molar-refractivity contribution is 0.0480. The highest BCUT2D eigenvalue weighted by molar-refractivity contribution is 7.91. The second kappa shape index (κ2) is 10.3. The van der Waals surface area contributed by atoms with Crippen LogP contribution in [0.15, 0.2) is 75.1 Å². The van der Waals surface area contributed by atoms with Crippen molar-refractivity contribution in [1.29, 1.82) is 0 Å². The van der Waals surface area contributed by atoms with Gasteiger partial charge in [0, 0.05) is 24.7 Å². The van der Waals surface area contributed by atoms with Crippen LogP contribution in [0.1, 0.15) is 54.3 Å². The van der Waals surface area contributed by atoms with E-state index in [1.165, 1.54) is 42.0 Å². The van der Waals surface area contributed by atoms with Crippen LogP contribution in [0.5, 0.6) is 0 Å². The van der Waals surface area contributed by atoms with Gasteiger partial charge in [0.1, 0.15) is 0 Å². The molecule has 4 rings (SSSR count). The van der Waals surface area contributed by atoms with E-state index in [2.05, 4.69) is 26.0 Å². The number of halogens is 1. The summed E-state index contributed by atoms with van der Waals surface area (Å²) in [7, 11) is -3.91. The lowest BCUT2D eigenvalue weighted by atomic mass is 10.0. The Kier molecular flexibility index (Phi) is 7.45. The van der Waals surface area contributed by atoms with Gasteiger partial charge in [-0.2, -0.15) is 0 Å². The van der Waals surface area contributed by atoms with Crippen molar-refractivity contribution in [1.82, 2.24) is 4.90 Å². The van der Waals surface area contributed by atoms with Crippen LogP contribution in [-0.4, -0.2) is 38.5 Å². The van der Waals surface area contributed by atoms with Crippen molar-refractivity contribution in [2.75, 3.05) is 13.2 Å². The van der Waals surface area contributed by atoms with Crippen molar-refractivity contribution in [3.8, 4) is 0 Å². The number of carbonyl (C=O) groups excluding carboxylic acids is 1. The summed E-state index contributed by atoms with van der Waals surface area (Å²) in [5, 5.41) is 0.150. The highest BCUT2D eigenvalue weighted by atomic mass is 35.5. The Hall–Kier alpha value is -2.61. The Balaban J connectivity index is 1.57. The molecule has 1 saturated heterocycles. The second-order valence-electron chi connectivity index (χ2n) is 8.79. The van der Waals surface area contributed by atoms with Gasteiger partial charge in [0.2, 0.25) is 14.9 Å². The van der Waals surface area contributed by atoms with E-state index < -0.39 is 9.84 Å². The van der Waals surface area contributed by atoms with Crippen molar-refractivity contribution in [2.24, 2.45) is 0 Å². The van der Waals surface area contributed by atoms with Gasteiger partial charge in [-0.25, -0.2) is 8.42 Å². The van der Waals surface area contributed by atoms with Crippen LogP contribution in [0.25, 0.3) is 0 Å². The summed E-state index contributed by atoms with van der Waals surface area (Å²) in [5.74, 6) is 0.0214. The van der Waals surface area contributed by atoms with Crippen molar-refractivity contribution in [2.45, 2.75) is 55.2 Å². The molecule has 0 N–H and O–H groups in total. The smallest absolute Gasteiger partial charge is 0.290 e. The summed E-state index contributed by atoms with van der Waals surface area (Å²) in [6.45, 7) is 5.73. The number of hydrogen-bond donors (Lipinski definition) is 0. The van der Waals surface area contributed by atoms with Gasteiger partial charge in [0.15, 0.2) is 5.76 Å². The molecule has 180 valence electrons. The van der Waals surface area contributed by atoms with Crippen molar-refractivity contribution in [3.05, 3.63) is 82.6 Å². The Labute approximate surface area is 205 Å².